The molecule has 7 heteroatoms. The van der Waals surface area contributed by atoms with Crippen molar-refractivity contribution in [2.45, 2.75) is 12.8 Å². The summed E-state index contributed by atoms with van der Waals surface area (Å²) < 4.78 is 69.0. The van der Waals surface area contributed by atoms with E-state index in [-0.39, 0.29) is 5.56 Å². The van der Waals surface area contributed by atoms with E-state index in [2.05, 4.69) is 0 Å². The van der Waals surface area contributed by atoms with Gasteiger partial charge in [0.25, 0.3) is 0 Å². The fourth-order valence-corrected chi connectivity index (χ4v) is 1.66. The quantitative estimate of drug-likeness (QED) is 0.755. The molecule has 0 saturated carbocycles. The van der Waals surface area contributed by atoms with Gasteiger partial charge in [0.2, 0.25) is 11.6 Å². The predicted octanol–water partition coefficient (Wildman–Crippen LogP) is 4.71. The number of hydrogen-bond acceptors (Lipinski definition) is 1. The minimum Gasteiger partial charge on any atom is -0.486 e. The third kappa shape index (κ3) is 3.62. The van der Waals surface area contributed by atoms with Crippen LogP contribution in [0.3, 0.4) is 0 Å². The first kappa shape index (κ1) is 15.1. The highest BCUT2D eigenvalue weighted by atomic mass is 19.4. The molecule has 0 atom stereocenters. The highest BCUT2D eigenvalue weighted by molar-refractivity contribution is 5.34. The van der Waals surface area contributed by atoms with Crippen LogP contribution in [0.5, 0.6) is 11.5 Å². The molecule has 2 rings (SSSR count). The zero-order chi connectivity index (χ0) is 15.6. The third-order valence-corrected chi connectivity index (χ3v) is 2.61. The van der Waals surface area contributed by atoms with Gasteiger partial charge in [-0.15, -0.1) is 0 Å². The van der Waals surface area contributed by atoms with Crippen LogP contribution in [-0.4, -0.2) is 0 Å². The Morgan fingerprint density at radius 3 is 2.43 bits per heavy atom. The summed E-state index contributed by atoms with van der Waals surface area (Å²) in [4.78, 5) is 0. The van der Waals surface area contributed by atoms with Crippen molar-refractivity contribution in [3.8, 4) is 11.5 Å². The van der Waals surface area contributed by atoms with Crippen molar-refractivity contribution in [1.82, 2.24) is 0 Å². The Morgan fingerprint density at radius 1 is 1.05 bits per heavy atom. The fraction of sp³-hybridized carbons (Fsp3) is 0.143. The molecule has 0 unspecified atom stereocenters. The number of halogens is 5. The van der Waals surface area contributed by atoms with E-state index < -0.39 is 41.5 Å². The van der Waals surface area contributed by atoms with Gasteiger partial charge < -0.3 is 4.74 Å². The SMILES string of the molecule is [O]c1cccc(OCc2cc(F)cc(C(F)(F)F)c2)c1F. The van der Waals surface area contributed by atoms with Crippen molar-refractivity contribution >= 4 is 0 Å². The summed E-state index contributed by atoms with van der Waals surface area (Å²) >= 11 is 0. The Kier molecular flexibility index (Phi) is 4.02. The van der Waals surface area contributed by atoms with Gasteiger partial charge in [-0.2, -0.15) is 17.6 Å². The summed E-state index contributed by atoms with van der Waals surface area (Å²) in [7, 11) is 0. The van der Waals surface area contributed by atoms with E-state index in [1.807, 2.05) is 0 Å². The average molecular weight is 303 g/mol. The highest BCUT2D eigenvalue weighted by Crippen LogP contribution is 2.31. The monoisotopic (exact) mass is 303 g/mol. The second-order valence-electron chi connectivity index (χ2n) is 4.20. The number of benzene rings is 2. The second-order valence-corrected chi connectivity index (χ2v) is 4.20. The number of hydrogen-bond donors (Lipinski definition) is 0. The minimum absolute atomic E-state index is 0.127. The van der Waals surface area contributed by atoms with Crippen LogP contribution in [0.15, 0.2) is 36.4 Å². The van der Waals surface area contributed by atoms with Gasteiger partial charge >= 0.3 is 6.18 Å². The first-order valence-corrected chi connectivity index (χ1v) is 5.72. The molecular formula is C14H8F5O2. The van der Waals surface area contributed by atoms with Crippen LogP contribution >= 0.6 is 0 Å². The summed E-state index contributed by atoms with van der Waals surface area (Å²) in [5, 5.41) is 11.0. The van der Waals surface area contributed by atoms with Crippen LogP contribution in [0.4, 0.5) is 22.0 Å². The Balaban J connectivity index is 2.21. The summed E-state index contributed by atoms with van der Waals surface area (Å²) in [5.74, 6) is -3.53. The first-order chi connectivity index (χ1) is 9.77. The van der Waals surface area contributed by atoms with Gasteiger partial charge in [-0.1, -0.05) is 6.07 Å². The molecule has 111 valence electrons. The Morgan fingerprint density at radius 2 is 1.76 bits per heavy atom. The van der Waals surface area contributed by atoms with E-state index in [4.69, 9.17) is 4.74 Å². The molecule has 2 aromatic rings. The topological polar surface area (TPSA) is 29.1 Å². The normalized spacial score (nSPS) is 11.5. The number of rotatable bonds is 3. The van der Waals surface area contributed by atoms with Gasteiger partial charge in [0.05, 0.1) is 5.56 Å². The van der Waals surface area contributed by atoms with Crippen LogP contribution < -0.4 is 4.74 Å². The second kappa shape index (κ2) is 5.59. The molecule has 0 aliphatic heterocycles. The molecule has 0 aliphatic carbocycles. The molecule has 0 aliphatic rings. The van der Waals surface area contributed by atoms with Crippen LogP contribution in [0.2, 0.25) is 0 Å². The van der Waals surface area contributed by atoms with Crippen LogP contribution in [-0.2, 0) is 17.9 Å². The van der Waals surface area contributed by atoms with E-state index >= 15 is 0 Å². The Labute approximate surface area is 116 Å². The van der Waals surface area contributed by atoms with Crippen LogP contribution in [0.25, 0.3) is 0 Å². The Hall–Kier alpha value is -2.31. The number of ether oxygens (including phenoxy) is 1. The molecule has 0 spiro atoms. The zero-order valence-corrected chi connectivity index (χ0v) is 10.4. The van der Waals surface area contributed by atoms with Crippen molar-refractivity contribution in [1.29, 1.82) is 0 Å². The molecule has 2 aromatic carbocycles. The van der Waals surface area contributed by atoms with E-state index in [0.29, 0.717) is 12.1 Å². The summed E-state index contributed by atoms with van der Waals surface area (Å²) in [5.41, 5.74) is -1.29. The van der Waals surface area contributed by atoms with Gasteiger partial charge in [-0.05, 0) is 35.9 Å². The lowest BCUT2D eigenvalue weighted by Gasteiger charge is -2.11. The van der Waals surface area contributed by atoms with Gasteiger partial charge in [0, 0.05) is 0 Å². The maximum Gasteiger partial charge on any atom is 0.416 e. The van der Waals surface area contributed by atoms with Gasteiger partial charge in [-0.3, -0.25) is 5.11 Å². The van der Waals surface area contributed by atoms with Crippen molar-refractivity contribution in [2.24, 2.45) is 0 Å². The minimum atomic E-state index is -4.70. The maximum absolute atomic E-state index is 13.4. The van der Waals surface area contributed by atoms with Crippen molar-refractivity contribution in [3.63, 3.8) is 0 Å². The molecule has 0 heterocycles. The molecule has 2 nitrogen and oxygen atoms in total. The fourth-order valence-electron chi connectivity index (χ4n) is 1.66. The van der Waals surface area contributed by atoms with Gasteiger partial charge in [0.15, 0.2) is 5.75 Å². The molecule has 1 radical (unpaired) electrons. The highest BCUT2D eigenvalue weighted by Gasteiger charge is 2.31. The molecule has 21 heavy (non-hydrogen) atoms. The van der Waals surface area contributed by atoms with E-state index in [0.717, 1.165) is 18.2 Å². The summed E-state index contributed by atoms with van der Waals surface area (Å²) in [6.45, 7) is -0.499. The summed E-state index contributed by atoms with van der Waals surface area (Å²) in [6, 6.07) is 5.26. The lowest BCUT2D eigenvalue weighted by molar-refractivity contribution is -0.137. The molecule has 0 fully saturated rings. The third-order valence-electron chi connectivity index (χ3n) is 2.61. The predicted molar refractivity (Wildman–Crippen MR) is 62.3 cm³/mol. The molecule has 0 aromatic heterocycles. The first-order valence-electron chi connectivity index (χ1n) is 5.72. The van der Waals surface area contributed by atoms with Crippen LogP contribution in [0, 0.1) is 11.6 Å². The Bertz CT molecular complexity index is 652. The van der Waals surface area contributed by atoms with E-state index in [9.17, 15) is 27.1 Å². The maximum atomic E-state index is 13.4. The van der Waals surface area contributed by atoms with Gasteiger partial charge in [0.1, 0.15) is 12.4 Å². The zero-order valence-electron chi connectivity index (χ0n) is 10.4. The van der Waals surface area contributed by atoms with Crippen molar-refractivity contribution in [2.75, 3.05) is 0 Å². The molecular weight excluding hydrogens is 295 g/mol. The largest absolute Gasteiger partial charge is 0.486 e. The van der Waals surface area contributed by atoms with Crippen molar-refractivity contribution in [3.05, 3.63) is 59.2 Å². The summed E-state index contributed by atoms with van der Waals surface area (Å²) in [6.07, 6.45) is -4.70. The smallest absolute Gasteiger partial charge is 0.416 e. The number of alkyl halides is 3. The van der Waals surface area contributed by atoms with E-state index in [1.165, 1.54) is 6.07 Å². The molecule has 0 amide bonds. The molecule has 0 N–H and O–H groups in total. The van der Waals surface area contributed by atoms with Crippen LogP contribution in [0.1, 0.15) is 11.1 Å². The van der Waals surface area contributed by atoms with Gasteiger partial charge in [-0.25, -0.2) is 4.39 Å². The standard InChI is InChI=1S/C14H8F5O2/c15-10-5-8(4-9(6-10)14(17,18)19)7-21-12-3-1-2-11(20)13(12)16/h1-6H,7H2. The molecule has 0 saturated heterocycles. The molecule has 0 bridgehead atoms. The lowest BCUT2D eigenvalue weighted by Crippen LogP contribution is -2.07. The van der Waals surface area contributed by atoms with Crippen molar-refractivity contribution < 1.29 is 31.8 Å². The lowest BCUT2D eigenvalue weighted by atomic mass is 10.1. The van der Waals surface area contributed by atoms with E-state index in [1.54, 1.807) is 0 Å². The average Bonchev–Trinajstić information content (AvgIpc) is 2.39.